The monoisotopic (exact) mass is 424 g/mol. The summed E-state index contributed by atoms with van der Waals surface area (Å²) < 4.78 is 0. The molecule has 4 rings (SSSR count). The van der Waals surface area contributed by atoms with Gasteiger partial charge in [-0.15, -0.1) is 0 Å². The summed E-state index contributed by atoms with van der Waals surface area (Å²) in [5, 5.41) is 11.9. The number of aromatic nitrogens is 1. The first-order valence-electron chi connectivity index (χ1n) is 8.70. The summed E-state index contributed by atoms with van der Waals surface area (Å²) in [4.78, 5) is 31.3. The van der Waals surface area contributed by atoms with E-state index in [2.05, 4.69) is 4.98 Å². The third-order valence-electron chi connectivity index (χ3n) is 4.65. The van der Waals surface area contributed by atoms with Gasteiger partial charge < -0.3 is 5.11 Å². The van der Waals surface area contributed by atoms with E-state index in [0.717, 1.165) is 0 Å². The van der Waals surface area contributed by atoms with Crippen LogP contribution in [0.25, 0.3) is 5.76 Å². The first kappa shape index (κ1) is 19.2. The average Bonchev–Trinajstić information content (AvgIpc) is 2.99. The van der Waals surface area contributed by atoms with Gasteiger partial charge in [-0.2, -0.15) is 0 Å². The van der Waals surface area contributed by atoms with Crippen LogP contribution in [-0.4, -0.2) is 21.8 Å². The van der Waals surface area contributed by atoms with Crippen molar-refractivity contribution in [1.29, 1.82) is 0 Å². The summed E-state index contributed by atoms with van der Waals surface area (Å²) in [6, 6.07) is 15.6. The molecule has 1 aromatic heterocycles. The molecule has 5 nitrogen and oxygen atoms in total. The Labute approximate surface area is 176 Å². The van der Waals surface area contributed by atoms with Crippen molar-refractivity contribution in [2.75, 3.05) is 4.90 Å². The van der Waals surface area contributed by atoms with Crippen LogP contribution in [0.2, 0.25) is 10.0 Å². The van der Waals surface area contributed by atoms with Crippen LogP contribution < -0.4 is 4.90 Å². The highest BCUT2D eigenvalue weighted by Crippen LogP contribution is 2.42. The van der Waals surface area contributed by atoms with Crippen LogP contribution in [0, 0.1) is 0 Å². The highest BCUT2D eigenvalue weighted by atomic mass is 35.5. The van der Waals surface area contributed by atoms with Gasteiger partial charge in [0.15, 0.2) is 0 Å². The van der Waals surface area contributed by atoms with Gasteiger partial charge in [-0.05, 0) is 54.1 Å². The van der Waals surface area contributed by atoms with Crippen molar-refractivity contribution in [2.24, 2.45) is 0 Å². The first-order chi connectivity index (χ1) is 14.0. The van der Waals surface area contributed by atoms with Crippen LogP contribution in [-0.2, 0) is 9.59 Å². The van der Waals surface area contributed by atoms with Crippen molar-refractivity contribution in [3.63, 3.8) is 0 Å². The summed E-state index contributed by atoms with van der Waals surface area (Å²) in [6.07, 6.45) is 3.15. The van der Waals surface area contributed by atoms with E-state index in [4.69, 9.17) is 23.2 Å². The zero-order valence-electron chi connectivity index (χ0n) is 14.9. The van der Waals surface area contributed by atoms with Crippen molar-refractivity contribution < 1.29 is 14.7 Å². The maximum Gasteiger partial charge on any atom is 0.300 e. The molecule has 1 unspecified atom stereocenters. The molecule has 0 saturated carbocycles. The molecule has 144 valence electrons. The lowest BCUT2D eigenvalue weighted by Gasteiger charge is -2.25. The minimum atomic E-state index is -0.849. The molecule has 1 aliphatic heterocycles. The number of pyridine rings is 1. The molecule has 1 atom stereocenters. The molecule has 2 heterocycles. The number of aliphatic hydroxyl groups excluding tert-OH is 1. The highest BCUT2D eigenvalue weighted by molar-refractivity contribution is 6.51. The first-order valence-corrected chi connectivity index (χ1v) is 9.45. The van der Waals surface area contributed by atoms with Gasteiger partial charge in [-0.25, -0.2) is 0 Å². The molecule has 0 aliphatic carbocycles. The summed E-state index contributed by atoms with van der Waals surface area (Å²) in [7, 11) is 0. The fourth-order valence-electron chi connectivity index (χ4n) is 3.34. The minimum Gasteiger partial charge on any atom is -0.507 e. The second kappa shape index (κ2) is 7.70. The molecule has 0 radical (unpaired) electrons. The molecule has 1 saturated heterocycles. The zero-order valence-corrected chi connectivity index (χ0v) is 16.4. The zero-order chi connectivity index (χ0) is 20.5. The fraction of sp³-hybridized carbons (Fsp3) is 0.0455. The second-order valence-corrected chi connectivity index (χ2v) is 7.32. The predicted molar refractivity (Wildman–Crippen MR) is 112 cm³/mol. The Morgan fingerprint density at radius 3 is 2.38 bits per heavy atom. The molecule has 1 fully saturated rings. The molecular weight excluding hydrogens is 411 g/mol. The number of benzene rings is 2. The van der Waals surface area contributed by atoms with Gasteiger partial charge in [0.2, 0.25) is 0 Å². The smallest absolute Gasteiger partial charge is 0.300 e. The number of hydrogen-bond donors (Lipinski definition) is 1. The van der Waals surface area contributed by atoms with E-state index in [-0.39, 0.29) is 11.3 Å². The Balaban J connectivity index is 1.94. The van der Waals surface area contributed by atoms with E-state index >= 15 is 0 Å². The van der Waals surface area contributed by atoms with E-state index in [9.17, 15) is 14.7 Å². The third-order valence-corrected chi connectivity index (χ3v) is 5.14. The lowest BCUT2D eigenvalue weighted by atomic mass is 9.96. The van der Waals surface area contributed by atoms with Crippen molar-refractivity contribution in [3.8, 4) is 0 Å². The molecule has 0 bridgehead atoms. The van der Waals surface area contributed by atoms with Crippen molar-refractivity contribution in [2.45, 2.75) is 6.04 Å². The van der Waals surface area contributed by atoms with E-state index < -0.39 is 17.7 Å². The highest BCUT2D eigenvalue weighted by Gasteiger charge is 2.47. The summed E-state index contributed by atoms with van der Waals surface area (Å²) in [5.74, 6) is -1.82. The van der Waals surface area contributed by atoms with E-state index in [0.29, 0.717) is 26.9 Å². The van der Waals surface area contributed by atoms with Gasteiger partial charge in [0.1, 0.15) is 5.76 Å². The van der Waals surface area contributed by atoms with Gasteiger partial charge in [0, 0.05) is 33.7 Å². The number of ketones is 1. The number of anilines is 1. The van der Waals surface area contributed by atoms with Gasteiger partial charge >= 0.3 is 0 Å². The number of hydrogen-bond acceptors (Lipinski definition) is 4. The van der Waals surface area contributed by atoms with E-state index in [1.54, 1.807) is 73.1 Å². The summed E-state index contributed by atoms with van der Waals surface area (Å²) >= 11 is 12.0. The van der Waals surface area contributed by atoms with Gasteiger partial charge in [-0.3, -0.25) is 19.5 Å². The molecule has 1 N–H and O–H groups in total. The van der Waals surface area contributed by atoms with Crippen LogP contribution in [0.15, 0.2) is 78.6 Å². The molecule has 3 aromatic rings. The predicted octanol–water partition coefficient (Wildman–Crippen LogP) is 5.01. The van der Waals surface area contributed by atoms with Gasteiger partial charge in [0.05, 0.1) is 11.6 Å². The number of amides is 1. The average molecular weight is 425 g/mol. The second-order valence-electron chi connectivity index (χ2n) is 6.44. The molecule has 2 aromatic carbocycles. The number of carbonyl (C=O) groups is 2. The van der Waals surface area contributed by atoms with E-state index in [1.165, 1.54) is 4.90 Å². The quantitative estimate of drug-likeness (QED) is 0.364. The largest absolute Gasteiger partial charge is 0.507 e. The Morgan fingerprint density at radius 1 is 0.966 bits per heavy atom. The molecule has 1 amide bonds. The SMILES string of the molecule is O=C1C(=O)N(c2cccc(Cl)c2)C(c2cccnc2)/C1=C(\O)c1ccc(Cl)cc1. The lowest BCUT2D eigenvalue weighted by Crippen LogP contribution is -2.29. The summed E-state index contributed by atoms with van der Waals surface area (Å²) in [5.41, 5.74) is 1.39. The van der Waals surface area contributed by atoms with Crippen LogP contribution in [0.3, 0.4) is 0 Å². The van der Waals surface area contributed by atoms with Crippen LogP contribution >= 0.6 is 23.2 Å². The molecular formula is C22H14Cl2N2O3. The normalized spacial score (nSPS) is 18.3. The molecule has 29 heavy (non-hydrogen) atoms. The fourth-order valence-corrected chi connectivity index (χ4v) is 3.65. The van der Waals surface area contributed by atoms with Crippen LogP contribution in [0.1, 0.15) is 17.2 Å². The third kappa shape index (κ3) is 3.50. The topological polar surface area (TPSA) is 70.5 Å². The Bertz CT molecular complexity index is 1130. The van der Waals surface area contributed by atoms with Crippen LogP contribution in [0.5, 0.6) is 0 Å². The van der Waals surface area contributed by atoms with Gasteiger partial charge in [0.25, 0.3) is 11.7 Å². The van der Waals surface area contributed by atoms with Gasteiger partial charge in [-0.1, -0.05) is 35.3 Å². The Kier molecular flexibility index (Phi) is 5.09. The maximum atomic E-state index is 13.0. The van der Waals surface area contributed by atoms with Crippen molar-refractivity contribution in [3.05, 3.63) is 99.8 Å². The number of Topliss-reactive ketones (excluding diaryl/α,β-unsaturated/α-hetero) is 1. The molecule has 0 spiro atoms. The number of carbonyl (C=O) groups excluding carboxylic acids is 2. The van der Waals surface area contributed by atoms with E-state index in [1.807, 2.05) is 0 Å². The number of nitrogens with zero attached hydrogens (tertiary/aromatic N) is 2. The number of rotatable bonds is 3. The summed E-state index contributed by atoms with van der Waals surface area (Å²) in [6.45, 7) is 0. The lowest BCUT2D eigenvalue weighted by molar-refractivity contribution is -0.132. The number of halogens is 2. The molecule has 7 heteroatoms. The van der Waals surface area contributed by atoms with Crippen LogP contribution in [0.4, 0.5) is 5.69 Å². The maximum absolute atomic E-state index is 13.0. The Hall–Kier alpha value is -3.15. The minimum absolute atomic E-state index is 0.0229. The molecule has 1 aliphatic rings. The Morgan fingerprint density at radius 2 is 1.72 bits per heavy atom. The van der Waals surface area contributed by atoms with Crippen molar-refractivity contribution >= 4 is 46.3 Å². The van der Waals surface area contributed by atoms with Crippen molar-refractivity contribution in [1.82, 2.24) is 4.98 Å². The number of aliphatic hydroxyl groups is 1. The standard InChI is InChI=1S/C22H14Cl2N2O3/c23-15-8-6-13(7-9-15)20(27)18-19(14-3-2-10-25-12-14)26(22(29)21(18)28)17-5-1-4-16(24)11-17/h1-12,19,27H/b20-18+.